The minimum absolute atomic E-state index is 0.0720. The van der Waals surface area contributed by atoms with Crippen LogP contribution in [0.2, 0.25) is 0 Å². The van der Waals surface area contributed by atoms with E-state index in [9.17, 15) is 16.8 Å². The van der Waals surface area contributed by atoms with E-state index in [1.54, 1.807) is 13.8 Å². The Hall–Kier alpha value is -0.660. The van der Waals surface area contributed by atoms with Gasteiger partial charge in [-0.3, -0.25) is 0 Å². The van der Waals surface area contributed by atoms with Gasteiger partial charge in [-0.05, 0) is 26.7 Å². The van der Waals surface area contributed by atoms with E-state index in [1.165, 1.54) is 0 Å². The van der Waals surface area contributed by atoms with Gasteiger partial charge in [0.15, 0.2) is 0 Å². The van der Waals surface area contributed by atoms with Crippen molar-refractivity contribution in [3.8, 4) is 10.4 Å². The number of hydrogen-bond donors (Lipinski definition) is 0. The van der Waals surface area contributed by atoms with Gasteiger partial charge in [0.25, 0.3) is 10.4 Å². The fourth-order valence-corrected chi connectivity index (χ4v) is 7.40. The Bertz CT molecular complexity index is 935. The van der Waals surface area contributed by atoms with Crippen LogP contribution in [0.15, 0.2) is 0 Å². The fraction of sp³-hybridized carbons (Fsp3) is 0.571. The van der Waals surface area contributed by atoms with Crippen LogP contribution >= 0.6 is 45.9 Å². The van der Waals surface area contributed by atoms with Gasteiger partial charge >= 0.3 is 20.2 Å². The van der Waals surface area contributed by atoms with Crippen LogP contribution in [-0.2, 0) is 33.1 Å². The SMILES string of the molecule is Cc1nc(OS(=O)(=O)CCS(=O)(=O)Oc2nc(C)c(CCCl)s2)sc1CCCl. The average molecular weight is 509 g/mol. The molecule has 8 nitrogen and oxygen atoms in total. The molecule has 0 N–H and O–H groups in total. The summed E-state index contributed by atoms with van der Waals surface area (Å²) in [6, 6.07) is 0. The minimum Gasteiger partial charge on any atom is -0.351 e. The Kier molecular flexibility index (Phi) is 8.35. The van der Waals surface area contributed by atoms with Gasteiger partial charge in [-0.15, -0.1) is 23.2 Å². The first-order valence-corrected chi connectivity index (χ1v) is 13.8. The van der Waals surface area contributed by atoms with E-state index in [2.05, 4.69) is 9.97 Å². The molecule has 2 rings (SSSR count). The molecule has 0 fully saturated rings. The van der Waals surface area contributed by atoms with Crippen molar-refractivity contribution in [1.29, 1.82) is 0 Å². The highest BCUT2D eigenvalue weighted by Gasteiger charge is 2.24. The first-order valence-electron chi connectivity index (χ1n) is 7.94. The predicted octanol–water partition coefficient (Wildman–Crippen LogP) is 2.90. The molecule has 0 spiro atoms. The normalized spacial score (nSPS) is 12.3. The number of aromatic nitrogens is 2. The molecule has 0 saturated heterocycles. The zero-order valence-electron chi connectivity index (χ0n) is 15.0. The molecule has 0 aliphatic rings. The van der Waals surface area contributed by atoms with E-state index in [-0.39, 0.29) is 10.4 Å². The Morgan fingerprint density at radius 1 is 0.786 bits per heavy atom. The highest BCUT2D eigenvalue weighted by Crippen LogP contribution is 2.28. The lowest BCUT2D eigenvalue weighted by atomic mass is 10.3. The molecule has 28 heavy (non-hydrogen) atoms. The van der Waals surface area contributed by atoms with E-state index >= 15 is 0 Å². The highest BCUT2D eigenvalue weighted by atomic mass is 35.5. The van der Waals surface area contributed by atoms with Crippen LogP contribution in [0.5, 0.6) is 10.4 Å². The first-order chi connectivity index (χ1) is 13.0. The summed E-state index contributed by atoms with van der Waals surface area (Å²) in [4.78, 5) is 9.65. The molecule has 158 valence electrons. The van der Waals surface area contributed by atoms with Crippen molar-refractivity contribution in [2.75, 3.05) is 23.3 Å². The Labute approximate surface area is 182 Å². The summed E-state index contributed by atoms with van der Waals surface area (Å²) in [6.45, 7) is 3.43. The number of thiazole rings is 2. The molecule has 2 aromatic heterocycles. The van der Waals surface area contributed by atoms with E-state index in [1.807, 2.05) is 0 Å². The van der Waals surface area contributed by atoms with Gasteiger partial charge in [-0.1, -0.05) is 22.7 Å². The average Bonchev–Trinajstić information content (AvgIpc) is 3.08. The molecule has 0 aliphatic carbocycles. The smallest absolute Gasteiger partial charge is 0.312 e. The van der Waals surface area contributed by atoms with Gasteiger partial charge in [-0.25, -0.2) is 9.97 Å². The van der Waals surface area contributed by atoms with Crippen LogP contribution in [0.1, 0.15) is 21.1 Å². The summed E-state index contributed by atoms with van der Waals surface area (Å²) in [7, 11) is -8.34. The lowest BCUT2D eigenvalue weighted by Gasteiger charge is -2.05. The molecule has 0 amide bonds. The molecule has 2 aromatic rings. The van der Waals surface area contributed by atoms with Gasteiger partial charge in [0.2, 0.25) is 0 Å². The summed E-state index contributed by atoms with van der Waals surface area (Å²) < 4.78 is 58.2. The molecule has 2 heterocycles. The molecule has 14 heteroatoms. The van der Waals surface area contributed by atoms with Crippen molar-refractivity contribution in [2.45, 2.75) is 26.7 Å². The summed E-state index contributed by atoms with van der Waals surface area (Å²) >= 11 is 13.5. The van der Waals surface area contributed by atoms with Crippen molar-refractivity contribution < 1.29 is 25.2 Å². The summed E-state index contributed by atoms with van der Waals surface area (Å²) in [5, 5.41) is -0.144. The van der Waals surface area contributed by atoms with E-state index < -0.39 is 31.7 Å². The molecule has 0 saturated carbocycles. The third-order valence-electron chi connectivity index (χ3n) is 3.37. The maximum atomic E-state index is 12.1. The van der Waals surface area contributed by atoms with Crippen molar-refractivity contribution in [1.82, 2.24) is 9.97 Å². The predicted molar refractivity (Wildman–Crippen MR) is 111 cm³/mol. The standard InChI is InChI=1S/C14H18Cl2N2O6S4/c1-9-11(3-5-15)25-13(17-9)23-27(19,20)7-8-28(21,22)24-14-18-10(2)12(26-14)4-6-16/h3-8H2,1-2H3. The second-order valence-electron chi connectivity index (χ2n) is 5.54. The Morgan fingerprint density at radius 2 is 1.14 bits per heavy atom. The van der Waals surface area contributed by atoms with Crippen molar-refractivity contribution in [3.63, 3.8) is 0 Å². The van der Waals surface area contributed by atoms with Gasteiger partial charge in [0, 0.05) is 21.5 Å². The number of rotatable bonds is 11. The lowest BCUT2D eigenvalue weighted by molar-refractivity contribution is 0.473. The maximum absolute atomic E-state index is 12.1. The molecular formula is C14H18Cl2N2O6S4. The quantitative estimate of drug-likeness (QED) is 0.336. The first kappa shape index (κ1) is 23.6. The molecule has 0 aliphatic heterocycles. The summed E-state index contributed by atoms with van der Waals surface area (Å²) in [5.74, 6) is -0.823. The topological polar surface area (TPSA) is 113 Å². The number of alkyl halides is 2. The second kappa shape index (κ2) is 9.90. The van der Waals surface area contributed by atoms with Gasteiger partial charge < -0.3 is 8.37 Å². The van der Waals surface area contributed by atoms with Crippen LogP contribution in [0.4, 0.5) is 0 Å². The number of aryl methyl sites for hydroxylation is 4. The molecule has 0 radical (unpaired) electrons. The van der Waals surface area contributed by atoms with E-state index in [4.69, 9.17) is 31.6 Å². The van der Waals surface area contributed by atoms with Gasteiger partial charge in [0.1, 0.15) is 11.5 Å². The van der Waals surface area contributed by atoms with Crippen molar-refractivity contribution in [3.05, 3.63) is 21.1 Å². The zero-order valence-corrected chi connectivity index (χ0v) is 19.8. The van der Waals surface area contributed by atoms with Gasteiger partial charge in [0.05, 0.1) is 11.4 Å². The van der Waals surface area contributed by atoms with Crippen LogP contribution in [0, 0.1) is 13.8 Å². The van der Waals surface area contributed by atoms with Crippen molar-refractivity contribution >= 4 is 66.1 Å². The van der Waals surface area contributed by atoms with Crippen molar-refractivity contribution in [2.24, 2.45) is 0 Å². The summed E-state index contributed by atoms with van der Waals surface area (Å²) in [6.07, 6.45) is 1.07. The minimum atomic E-state index is -4.17. The Balaban J connectivity index is 1.98. The molecule has 0 bridgehead atoms. The van der Waals surface area contributed by atoms with Crippen LogP contribution in [0.25, 0.3) is 0 Å². The second-order valence-corrected chi connectivity index (χ2v) is 11.8. The summed E-state index contributed by atoms with van der Waals surface area (Å²) in [5.41, 5.74) is 1.25. The van der Waals surface area contributed by atoms with E-state index in [0.29, 0.717) is 36.0 Å². The molecular weight excluding hydrogens is 491 g/mol. The fourth-order valence-electron chi connectivity index (χ4n) is 2.01. The van der Waals surface area contributed by atoms with Gasteiger partial charge in [-0.2, -0.15) is 16.8 Å². The number of halogens is 2. The maximum Gasteiger partial charge on any atom is 0.312 e. The largest absolute Gasteiger partial charge is 0.351 e. The van der Waals surface area contributed by atoms with Crippen LogP contribution < -0.4 is 8.37 Å². The van der Waals surface area contributed by atoms with Crippen LogP contribution in [-0.4, -0.2) is 50.1 Å². The third-order valence-corrected chi connectivity index (χ3v) is 8.64. The van der Waals surface area contributed by atoms with E-state index in [0.717, 1.165) is 32.4 Å². The monoisotopic (exact) mass is 508 g/mol. The number of hydrogen-bond acceptors (Lipinski definition) is 10. The highest BCUT2D eigenvalue weighted by molar-refractivity contribution is 7.91. The number of nitrogens with zero attached hydrogens (tertiary/aromatic N) is 2. The lowest BCUT2D eigenvalue weighted by Crippen LogP contribution is -2.24. The Morgan fingerprint density at radius 3 is 1.46 bits per heavy atom. The van der Waals surface area contributed by atoms with Crippen LogP contribution in [0.3, 0.4) is 0 Å². The molecule has 0 aromatic carbocycles. The zero-order chi connectivity index (χ0) is 20.9. The molecule has 0 unspecified atom stereocenters. The molecule has 0 atom stereocenters. The third kappa shape index (κ3) is 6.99.